The highest BCUT2D eigenvalue weighted by Gasteiger charge is 2.40. The van der Waals surface area contributed by atoms with Crippen LogP contribution in [0.15, 0.2) is 30.3 Å². The topological polar surface area (TPSA) is 30.5 Å². The van der Waals surface area contributed by atoms with Gasteiger partial charge in [0, 0.05) is 24.9 Å². The SMILES string of the molecule is C[C@@H](NC1CCC2(CC1)OCCO2)c1ccccc1. The summed E-state index contributed by atoms with van der Waals surface area (Å²) in [6, 6.07) is 11.6. The summed E-state index contributed by atoms with van der Waals surface area (Å²) >= 11 is 0. The van der Waals surface area contributed by atoms with Crippen molar-refractivity contribution in [3.8, 4) is 0 Å². The Labute approximate surface area is 115 Å². The van der Waals surface area contributed by atoms with Crippen molar-refractivity contribution < 1.29 is 9.47 Å². The fourth-order valence-corrected chi connectivity index (χ4v) is 3.20. The molecule has 1 N–H and O–H groups in total. The highest BCUT2D eigenvalue weighted by molar-refractivity contribution is 5.18. The Hall–Kier alpha value is -0.900. The van der Waals surface area contributed by atoms with Gasteiger partial charge in [-0.25, -0.2) is 0 Å². The predicted octanol–water partition coefficient (Wildman–Crippen LogP) is 3.02. The zero-order valence-electron chi connectivity index (χ0n) is 11.6. The first kappa shape index (κ1) is 13.1. The lowest BCUT2D eigenvalue weighted by Crippen LogP contribution is -2.42. The average molecular weight is 261 g/mol. The van der Waals surface area contributed by atoms with Crippen molar-refractivity contribution in [3.05, 3.63) is 35.9 Å². The van der Waals surface area contributed by atoms with Gasteiger partial charge in [-0.3, -0.25) is 0 Å². The number of nitrogens with one attached hydrogen (secondary N) is 1. The summed E-state index contributed by atoms with van der Waals surface area (Å²) < 4.78 is 11.5. The Morgan fingerprint density at radius 3 is 2.37 bits per heavy atom. The van der Waals surface area contributed by atoms with Crippen LogP contribution in [0.25, 0.3) is 0 Å². The summed E-state index contributed by atoms with van der Waals surface area (Å²) in [5, 5.41) is 3.73. The predicted molar refractivity (Wildman–Crippen MR) is 74.9 cm³/mol. The molecule has 1 aliphatic heterocycles. The van der Waals surface area contributed by atoms with Gasteiger partial charge in [0.15, 0.2) is 5.79 Å². The molecule has 1 saturated carbocycles. The lowest BCUT2D eigenvalue weighted by molar-refractivity contribution is -0.179. The minimum absolute atomic E-state index is 0.242. The first-order chi connectivity index (χ1) is 9.27. The van der Waals surface area contributed by atoms with Crippen molar-refractivity contribution in [2.24, 2.45) is 0 Å². The van der Waals surface area contributed by atoms with Gasteiger partial charge in [0.1, 0.15) is 0 Å². The highest BCUT2D eigenvalue weighted by atomic mass is 16.7. The summed E-state index contributed by atoms with van der Waals surface area (Å²) in [5.41, 5.74) is 1.36. The van der Waals surface area contributed by atoms with Crippen LogP contribution in [-0.4, -0.2) is 25.0 Å². The Bertz CT molecular complexity index is 390. The van der Waals surface area contributed by atoms with Crippen LogP contribution in [0.2, 0.25) is 0 Å². The van der Waals surface area contributed by atoms with Crippen LogP contribution in [0.4, 0.5) is 0 Å². The molecule has 0 unspecified atom stereocenters. The van der Waals surface area contributed by atoms with Gasteiger partial charge in [0.2, 0.25) is 0 Å². The van der Waals surface area contributed by atoms with E-state index in [0.717, 1.165) is 38.9 Å². The molecule has 1 heterocycles. The summed E-state index contributed by atoms with van der Waals surface area (Å²) in [6.07, 6.45) is 4.31. The Kier molecular flexibility index (Phi) is 3.87. The van der Waals surface area contributed by atoms with E-state index in [1.54, 1.807) is 0 Å². The first-order valence-corrected chi connectivity index (χ1v) is 7.36. The molecule has 0 radical (unpaired) electrons. The number of rotatable bonds is 3. The number of hydrogen-bond donors (Lipinski definition) is 1. The Balaban J connectivity index is 1.52. The monoisotopic (exact) mass is 261 g/mol. The van der Waals surface area contributed by atoms with Gasteiger partial charge in [-0.05, 0) is 25.3 Å². The molecule has 1 spiro atoms. The highest BCUT2D eigenvalue weighted by Crippen LogP contribution is 2.36. The average Bonchev–Trinajstić information content (AvgIpc) is 2.91. The van der Waals surface area contributed by atoms with Crippen molar-refractivity contribution in [3.63, 3.8) is 0 Å². The molecule has 3 rings (SSSR count). The quantitative estimate of drug-likeness (QED) is 0.907. The van der Waals surface area contributed by atoms with Crippen molar-refractivity contribution in [2.75, 3.05) is 13.2 Å². The van der Waals surface area contributed by atoms with Crippen molar-refractivity contribution in [2.45, 2.75) is 50.5 Å². The molecular formula is C16H23NO2. The molecule has 2 fully saturated rings. The molecule has 1 aromatic rings. The second-order valence-corrected chi connectivity index (χ2v) is 5.68. The lowest BCUT2D eigenvalue weighted by Gasteiger charge is -2.36. The molecule has 1 saturated heterocycles. The lowest BCUT2D eigenvalue weighted by atomic mass is 9.89. The molecule has 3 heteroatoms. The molecule has 3 nitrogen and oxygen atoms in total. The third kappa shape index (κ3) is 2.99. The fourth-order valence-electron chi connectivity index (χ4n) is 3.20. The van der Waals surface area contributed by atoms with E-state index in [9.17, 15) is 0 Å². The molecule has 104 valence electrons. The van der Waals surface area contributed by atoms with Crippen LogP contribution in [0.3, 0.4) is 0 Å². The van der Waals surface area contributed by atoms with E-state index in [-0.39, 0.29) is 5.79 Å². The molecule has 0 amide bonds. The fraction of sp³-hybridized carbons (Fsp3) is 0.625. The van der Waals surface area contributed by atoms with E-state index in [0.29, 0.717) is 12.1 Å². The molecule has 0 bridgehead atoms. The minimum atomic E-state index is -0.242. The minimum Gasteiger partial charge on any atom is -0.348 e. The van der Waals surface area contributed by atoms with E-state index in [1.165, 1.54) is 5.56 Å². The van der Waals surface area contributed by atoms with Crippen LogP contribution in [-0.2, 0) is 9.47 Å². The number of ether oxygens (including phenoxy) is 2. The van der Waals surface area contributed by atoms with Crippen molar-refractivity contribution in [1.29, 1.82) is 0 Å². The van der Waals surface area contributed by atoms with E-state index in [1.807, 2.05) is 0 Å². The molecule has 1 aliphatic carbocycles. The summed E-state index contributed by atoms with van der Waals surface area (Å²) in [5.74, 6) is -0.242. The third-order valence-electron chi connectivity index (χ3n) is 4.35. The Morgan fingerprint density at radius 2 is 1.74 bits per heavy atom. The second kappa shape index (κ2) is 5.61. The zero-order chi connectivity index (χ0) is 13.1. The third-order valence-corrected chi connectivity index (χ3v) is 4.35. The zero-order valence-corrected chi connectivity index (χ0v) is 11.6. The first-order valence-electron chi connectivity index (χ1n) is 7.36. The number of benzene rings is 1. The summed E-state index contributed by atoms with van der Waals surface area (Å²) in [4.78, 5) is 0. The van der Waals surface area contributed by atoms with Crippen molar-refractivity contribution >= 4 is 0 Å². The molecule has 19 heavy (non-hydrogen) atoms. The van der Waals surface area contributed by atoms with Gasteiger partial charge in [-0.1, -0.05) is 30.3 Å². The molecule has 0 aromatic heterocycles. The Morgan fingerprint density at radius 1 is 1.11 bits per heavy atom. The summed E-state index contributed by atoms with van der Waals surface area (Å²) in [7, 11) is 0. The molecule has 1 atom stereocenters. The molecule has 2 aliphatic rings. The maximum Gasteiger partial charge on any atom is 0.168 e. The maximum atomic E-state index is 5.77. The summed E-state index contributed by atoms with van der Waals surface area (Å²) in [6.45, 7) is 3.76. The van der Waals surface area contributed by atoms with Crippen LogP contribution in [0.5, 0.6) is 0 Å². The maximum absolute atomic E-state index is 5.77. The smallest absolute Gasteiger partial charge is 0.168 e. The van der Waals surface area contributed by atoms with Crippen LogP contribution in [0.1, 0.15) is 44.2 Å². The van der Waals surface area contributed by atoms with Gasteiger partial charge in [-0.2, -0.15) is 0 Å². The standard InChI is InChI=1S/C16H23NO2/c1-13(14-5-3-2-4-6-14)17-15-7-9-16(10-8-15)18-11-12-19-16/h2-6,13,15,17H,7-12H2,1H3/t13-/m1/s1. The largest absolute Gasteiger partial charge is 0.348 e. The second-order valence-electron chi connectivity index (χ2n) is 5.68. The van der Waals surface area contributed by atoms with Gasteiger partial charge >= 0.3 is 0 Å². The van der Waals surface area contributed by atoms with E-state index < -0.39 is 0 Å². The van der Waals surface area contributed by atoms with Crippen LogP contribution < -0.4 is 5.32 Å². The van der Waals surface area contributed by atoms with Gasteiger partial charge in [-0.15, -0.1) is 0 Å². The van der Waals surface area contributed by atoms with Crippen LogP contribution in [0, 0.1) is 0 Å². The van der Waals surface area contributed by atoms with E-state index >= 15 is 0 Å². The van der Waals surface area contributed by atoms with Crippen molar-refractivity contribution in [1.82, 2.24) is 5.32 Å². The number of hydrogen-bond acceptors (Lipinski definition) is 3. The van der Waals surface area contributed by atoms with E-state index in [2.05, 4.69) is 42.6 Å². The normalized spacial score (nSPS) is 24.7. The molecular weight excluding hydrogens is 238 g/mol. The molecule has 1 aromatic carbocycles. The van der Waals surface area contributed by atoms with Crippen LogP contribution >= 0.6 is 0 Å². The van der Waals surface area contributed by atoms with Gasteiger partial charge in [0.25, 0.3) is 0 Å². The van der Waals surface area contributed by atoms with Gasteiger partial charge < -0.3 is 14.8 Å². The van der Waals surface area contributed by atoms with E-state index in [4.69, 9.17) is 9.47 Å². The van der Waals surface area contributed by atoms with Gasteiger partial charge in [0.05, 0.1) is 13.2 Å².